The van der Waals surface area contributed by atoms with Crippen LogP contribution < -0.4 is 4.90 Å². The van der Waals surface area contributed by atoms with E-state index in [1.54, 1.807) is 17.0 Å². The monoisotopic (exact) mass is 394 g/mol. The second-order valence-electron chi connectivity index (χ2n) is 6.63. The molecule has 7 heteroatoms. The zero-order chi connectivity index (χ0) is 21.1. The van der Waals surface area contributed by atoms with Crippen LogP contribution in [0.1, 0.15) is 50.5 Å². The second kappa shape index (κ2) is 8.26. The fourth-order valence-corrected chi connectivity index (χ4v) is 3.28. The first-order chi connectivity index (χ1) is 13.9. The molecule has 7 nitrogen and oxygen atoms in total. The Morgan fingerprint density at radius 1 is 0.966 bits per heavy atom. The van der Waals surface area contributed by atoms with Gasteiger partial charge in [0.1, 0.15) is 0 Å². The van der Waals surface area contributed by atoms with Crippen molar-refractivity contribution in [2.24, 2.45) is 0 Å². The predicted octanol–water partition coefficient (Wildman–Crippen LogP) is 2.82. The molecule has 1 heterocycles. The van der Waals surface area contributed by atoms with Crippen LogP contribution in [-0.4, -0.2) is 48.3 Å². The first kappa shape index (κ1) is 20.3. The van der Waals surface area contributed by atoms with E-state index in [0.717, 1.165) is 10.5 Å². The van der Waals surface area contributed by atoms with E-state index in [0.29, 0.717) is 18.8 Å². The van der Waals surface area contributed by atoms with Crippen LogP contribution in [0, 0.1) is 6.92 Å². The number of anilines is 1. The molecule has 150 valence electrons. The summed E-state index contributed by atoms with van der Waals surface area (Å²) in [7, 11) is 0. The van der Waals surface area contributed by atoms with Crippen molar-refractivity contribution in [1.82, 2.24) is 4.90 Å². The zero-order valence-corrected chi connectivity index (χ0v) is 16.6. The number of hydrogen-bond donors (Lipinski definition) is 0. The minimum atomic E-state index is -0.720. The fraction of sp³-hybridized carbons (Fsp3) is 0.273. The number of benzene rings is 2. The maximum Gasteiger partial charge on any atom is 0.338 e. The third-order valence-electron chi connectivity index (χ3n) is 4.92. The van der Waals surface area contributed by atoms with E-state index in [-0.39, 0.29) is 29.2 Å². The maximum atomic E-state index is 12.9. The van der Waals surface area contributed by atoms with Crippen LogP contribution in [0.2, 0.25) is 0 Å². The van der Waals surface area contributed by atoms with Crippen LogP contribution in [0.25, 0.3) is 0 Å². The van der Waals surface area contributed by atoms with Gasteiger partial charge in [0.05, 0.1) is 22.4 Å². The highest BCUT2D eigenvalue weighted by molar-refractivity contribution is 6.34. The largest absolute Gasteiger partial charge is 0.452 e. The summed E-state index contributed by atoms with van der Waals surface area (Å²) in [6, 6.07) is 11.3. The van der Waals surface area contributed by atoms with Crippen molar-refractivity contribution >= 4 is 29.4 Å². The van der Waals surface area contributed by atoms with Gasteiger partial charge in [-0.1, -0.05) is 18.2 Å². The molecule has 0 N–H and O–H groups in total. The van der Waals surface area contributed by atoms with E-state index >= 15 is 0 Å². The van der Waals surface area contributed by atoms with Gasteiger partial charge < -0.3 is 9.64 Å². The fourth-order valence-electron chi connectivity index (χ4n) is 3.28. The number of esters is 1. The number of amides is 3. The van der Waals surface area contributed by atoms with Gasteiger partial charge in [0.25, 0.3) is 17.7 Å². The summed E-state index contributed by atoms with van der Waals surface area (Å²) < 4.78 is 5.09. The summed E-state index contributed by atoms with van der Waals surface area (Å²) in [5, 5.41) is 0. The molecular formula is C22H22N2O5. The number of likely N-dealkylation sites (N-methyl/N-ethyl adjacent to an activating group) is 1. The summed E-state index contributed by atoms with van der Waals surface area (Å²) in [5.41, 5.74) is 1.78. The number of nitrogens with zero attached hydrogens (tertiary/aromatic N) is 2. The van der Waals surface area contributed by atoms with E-state index in [9.17, 15) is 19.2 Å². The van der Waals surface area contributed by atoms with Crippen LogP contribution >= 0.6 is 0 Å². The number of hydrogen-bond acceptors (Lipinski definition) is 5. The van der Waals surface area contributed by atoms with Gasteiger partial charge >= 0.3 is 5.97 Å². The predicted molar refractivity (Wildman–Crippen MR) is 107 cm³/mol. The Morgan fingerprint density at radius 3 is 2.28 bits per heavy atom. The summed E-state index contributed by atoms with van der Waals surface area (Å²) in [6.07, 6.45) is 0. The molecule has 0 aliphatic carbocycles. The normalized spacial score (nSPS) is 12.7. The number of carbonyl (C=O) groups is 4. The molecule has 1 aliphatic rings. The van der Waals surface area contributed by atoms with Crippen LogP contribution in [0.3, 0.4) is 0 Å². The van der Waals surface area contributed by atoms with Crippen molar-refractivity contribution in [2.75, 3.05) is 24.6 Å². The quantitative estimate of drug-likeness (QED) is 0.556. The van der Waals surface area contributed by atoms with Crippen molar-refractivity contribution < 1.29 is 23.9 Å². The highest BCUT2D eigenvalue weighted by atomic mass is 16.5. The van der Waals surface area contributed by atoms with Crippen LogP contribution in [0.4, 0.5) is 5.69 Å². The molecule has 3 amide bonds. The number of fused-ring (bicyclic) bond motifs is 1. The van der Waals surface area contributed by atoms with E-state index in [1.807, 2.05) is 32.9 Å². The lowest BCUT2D eigenvalue weighted by atomic mass is 10.1. The first-order valence-electron chi connectivity index (χ1n) is 9.42. The zero-order valence-electron chi connectivity index (χ0n) is 16.6. The summed E-state index contributed by atoms with van der Waals surface area (Å²) >= 11 is 0. The lowest BCUT2D eigenvalue weighted by Gasteiger charge is -2.18. The Balaban J connectivity index is 1.80. The van der Waals surface area contributed by atoms with Crippen molar-refractivity contribution in [3.63, 3.8) is 0 Å². The van der Waals surface area contributed by atoms with Gasteiger partial charge in [-0.25, -0.2) is 9.69 Å². The first-order valence-corrected chi connectivity index (χ1v) is 9.42. The SMILES string of the molecule is CCN(CC)C(=O)COC(=O)c1ccc2c(c1)C(=O)N(c1ccccc1C)C2=O. The minimum Gasteiger partial charge on any atom is -0.452 e. The number of rotatable bonds is 6. The topological polar surface area (TPSA) is 84.0 Å². The van der Waals surface area contributed by atoms with Crippen molar-refractivity contribution in [1.29, 1.82) is 0 Å². The van der Waals surface area contributed by atoms with Crippen molar-refractivity contribution in [3.8, 4) is 0 Å². The lowest BCUT2D eigenvalue weighted by molar-refractivity contribution is -0.134. The Bertz CT molecular complexity index is 994. The molecular weight excluding hydrogens is 372 g/mol. The third kappa shape index (κ3) is 3.76. The maximum absolute atomic E-state index is 12.9. The van der Waals surface area contributed by atoms with Crippen molar-refractivity contribution in [2.45, 2.75) is 20.8 Å². The molecule has 0 fully saturated rings. The Kier molecular flexibility index (Phi) is 5.77. The highest BCUT2D eigenvalue weighted by Crippen LogP contribution is 2.31. The Hall–Kier alpha value is -3.48. The molecule has 0 aromatic heterocycles. The molecule has 0 atom stereocenters. The summed E-state index contributed by atoms with van der Waals surface area (Å²) in [5.74, 6) is -1.94. The molecule has 0 radical (unpaired) electrons. The number of carbonyl (C=O) groups excluding carboxylic acids is 4. The van der Waals surface area contributed by atoms with E-state index in [1.165, 1.54) is 18.2 Å². The Morgan fingerprint density at radius 2 is 1.62 bits per heavy atom. The molecule has 1 aliphatic heterocycles. The van der Waals surface area contributed by atoms with Gasteiger partial charge in [-0.05, 0) is 50.6 Å². The molecule has 0 spiro atoms. The van der Waals surface area contributed by atoms with Gasteiger partial charge in [0.15, 0.2) is 6.61 Å². The average Bonchev–Trinajstić information content (AvgIpc) is 2.97. The molecule has 0 saturated carbocycles. The summed E-state index contributed by atoms with van der Waals surface area (Å²) in [6.45, 7) is 6.17. The lowest BCUT2D eigenvalue weighted by Crippen LogP contribution is -2.34. The van der Waals surface area contributed by atoms with Gasteiger partial charge in [-0.15, -0.1) is 0 Å². The average molecular weight is 394 g/mol. The van der Waals surface area contributed by atoms with Gasteiger partial charge in [-0.2, -0.15) is 0 Å². The van der Waals surface area contributed by atoms with E-state index in [2.05, 4.69) is 0 Å². The van der Waals surface area contributed by atoms with E-state index in [4.69, 9.17) is 4.74 Å². The number of imide groups is 1. The van der Waals surface area contributed by atoms with Crippen molar-refractivity contribution in [3.05, 3.63) is 64.7 Å². The molecule has 3 rings (SSSR count). The minimum absolute atomic E-state index is 0.115. The summed E-state index contributed by atoms with van der Waals surface area (Å²) in [4.78, 5) is 52.6. The molecule has 2 aromatic carbocycles. The number of ether oxygens (including phenoxy) is 1. The molecule has 0 bridgehead atoms. The second-order valence-corrected chi connectivity index (χ2v) is 6.63. The van der Waals surface area contributed by atoms with Gasteiger partial charge in [0.2, 0.25) is 0 Å². The molecule has 2 aromatic rings. The molecule has 29 heavy (non-hydrogen) atoms. The third-order valence-corrected chi connectivity index (χ3v) is 4.92. The number of aryl methyl sites for hydroxylation is 1. The Labute approximate surface area is 168 Å². The van der Waals surface area contributed by atoms with Crippen LogP contribution in [-0.2, 0) is 9.53 Å². The van der Waals surface area contributed by atoms with E-state index < -0.39 is 17.8 Å². The van der Waals surface area contributed by atoms with Crippen LogP contribution in [0.5, 0.6) is 0 Å². The molecule has 0 saturated heterocycles. The smallest absolute Gasteiger partial charge is 0.338 e. The van der Waals surface area contributed by atoms with Crippen LogP contribution in [0.15, 0.2) is 42.5 Å². The highest BCUT2D eigenvalue weighted by Gasteiger charge is 2.37. The number of para-hydroxylation sites is 1. The molecule has 0 unspecified atom stereocenters. The van der Waals surface area contributed by atoms with Gasteiger partial charge in [0, 0.05) is 13.1 Å². The standard InChI is InChI=1S/C22H22N2O5/c1-4-23(5-2)19(25)13-29-22(28)15-10-11-16-17(12-15)21(27)24(20(16)26)18-9-7-6-8-14(18)3/h6-12H,4-5,13H2,1-3H3. The van der Waals surface area contributed by atoms with Gasteiger partial charge in [-0.3, -0.25) is 14.4 Å².